The Morgan fingerprint density at radius 1 is 1.26 bits per heavy atom. The largest absolute Gasteiger partial charge is 0.464 e. The molecule has 0 spiro atoms. The maximum Gasteiger partial charge on any atom is 0.360 e. The van der Waals surface area contributed by atoms with Crippen LogP contribution in [0.15, 0.2) is 10.7 Å². The van der Waals surface area contributed by atoms with Gasteiger partial charge in [0, 0.05) is 12.0 Å². The summed E-state index contributed by atoms with van der Waals surface area (Å²) in [6.45, 7) is 11.4. The van der Waals surface area contributed by atoms with Crippen molar-refractivity contribution < 1.29 is 18.4 Å². The summed E-state index contributed by atoms with van der Waals surface area (Å²) in [4.78, 5) is 15.7. The number of ether oxygens (including phenoxy) is 1. The smallest absolute Gasteiger partial charge is 0.360 e. The van der Waals surface area contributed by atoms with Gasteiger partial charge in [-0.05, 0) is 43.8 Å². The minimum atomic E-state index is -1.71. The maximum absolute atomic E-state index is 11.5. The molecule has 1 aromatic heterocycles. The van der Waals surface area contributed by atoms with E-state index in [0.717, 1.165) is 25.7 Å². The summed E-state index contributed by atoms with van der Waals surface area (Å²) in [5.41, 5.74) is 0.252. The molecule has 0 radical (unpaired) electrons. The van der Waals surface area contributed by atoms with Crippen LogP contribution in [0.3, 0.4) is 0 Å². The highest BCUT2D eigenvalue weighted by Gasteiger charge is 2.40. The van der Waals surface area contributed by atoms with E-state index in [-0.39, 0.29) is 16.7 Å². The van der Waals surface area contributed by atoms with Crippen molar-refractivity contribution in [2.24, 2.45) is 0 Å². The predicted octanol–water partition coefficient (Wildman–Crippen LogP) is 4.51. The van der Waals surface area contributed by atoms with Crippen LogP contribution in [0.25, 0.3) is 0 Å². The van der Waals surface area contributed by atoms with Crippen molar-refractivity contribution in [3.63, 3.8) is 0 Å². The van der Waals surface area contributed by atoms with Gasteiger partial charge in [-0.3, -0.25) is 0 Å². The van der Waals surface area contributed by atoms with Crippen molar-refractivity contribution in [1.29, 1.82) is 0 Å². The third-order valence-electron chi connectivity index (χ3n) is 5.21. The second-order valence-electron chi connectivity index (χ2n) is 7.91. The Bertz CT molecular complexity index is 539. The normalized spacial score (nSPS) is 22.9. The van der Waals surface area contributed by atoms with E-state index >= 15 is 0 Å². The van der Waals surface area contributed by atoms with Gasteiger partial charge in [-0.25, -0.2) is 9.78 Å². The maximum atomic E-state index is 11.5. The van der Waals surface area contributed by atoms with Crippen LogP contribution in [0.4, 0.5) is 0 Å². The zero-order valence-electron chi connectivity index (χ0n) is 15.1. The van der Waals surface area contributed by atoms with Crippen LogP contribution >= 0.6 is 0 Å². The number of esters is 1. The average Bonchev–Trinajstić information content (AvgIpc) is 2.95. The monoisotopic (exact) mass is 339 g/mol. The van der Waals surface area contributed by atoms with E-state index in [2.05, 4.69) is 43.6 Å². The van der Waals surface area contributed by atoms with Crippen LogP contribution in [-0.2, 0) is 9.16 Å². The molecule has 5 nitrogen and oxygen atoms in total. The van der Waals surface area contributed by atoms with Gasteiger partial charge in [0.2, 0.25) is 0 Å². The summed E-state index contributed by atoms with van der Waals surface area (Å²) in [7, 11) is -0.362. The first-order valence-electron chi connectivity index (χ1n) is 8.35. The molecule has 1 aliphatic carbocycles. The van der Waals surface area contributed by atoms with E-state index in [9.17, 15) is 4.79 Å². The molecular weight excluding hydrogens is 310 g/mol. The fourth-order valence-corrected chi connectivity index (χ4v) is 4.12. The highest BCUT2D eigenvalue weighted by Crippen LogP contribution is 2.41. The summed E-state index contributed by atoms with van der Waals surface area (Å²) < 4.78 is 16.6. The minimum absolute atomic E-state index is 0.238. The molecule has 1 aliphatic rings. The van der Waals surface area contributed by atoms with E-state index < -0.39 is 14.3 Å². The van der Waals surface area contributed by atoms with E-state index in [1.54, 1.807) is 0 Å². The lowest BCUT2D eigenvalue weighted by atomic mass is 9.87. The zero-order valence-corrected chi connectivity index (χ0v) is 16.1. The zero-order chi connectivity index (χ0) is 17.3. The van der Waals surface area contributed by atoms with Gasteiger partial charge < -0.3 is 13.6 Å². The van der Waals surface area contributed by atoms with E-state index in [1.165, 1.54) is 13.4 Å². The lowest BCUT2D eigenvalue weighted by Crippen LogP contribution is -2.44. The molecule has 6 heteroatoms. The summed E-state index contributed by atoms with van der Waals surface area (Å²) in [6.07, 6.45) is 5.74. The molecule has 0 saturated heterocycles. The number of carbonyl (C=O) groups excluding carboxylic acids is 1. The van der Waals surface area contributed by atoms with Gasteiger partial charge in [0.05, 0.1) is 7.11 Å². The number of carbonyl (C=O) groups is 1. The molecule has 1 heterocycles. The first kappa shape index (κ1) is 18.2. The molecular formula is C17H29NO4Si. The van der Waals surface area contributed by atoms with Gasteiger partial charge in [-0.1, -0.05) is 20.8 Å². The molecule has 0 amide bonds. The lowest BCUT2D eigenvalue weighted by Gasteiger charge is -2.41. The number of hydrogen-bond donors (Lipinski definition) is 0. The third-order valence-corrected chi connectivity index (χ3v) is 9.74. The number of methoxy groups -OCH3 is 1. The van der Waals surface area contributed by atoms with Crippen molar-refractivity contribution in [2.75, 3.05) is 7.11 Å². The Balaban J connectivity index is 1.91. The Labute approximate surface area is 139 Å². The molecule has 0 aromatic carbocycles. The highest BCUT2D eigenvalue weighted by molar-refractivity contribution is 6.74. The molecule has 1 aromatic rings. The van der Waals surface area contributed by atoms with Crippen LogP contribution in [0.2, 0.25) is 18.1 Å². The molecule has 0 aliphatic heterocycles. The highest BCUT2D eigenvalue weighted by atomic mass is 28.4. The van der Waals surface area contributed by atoms with Crippen LogP contribution in [-0.4, -0.2) is 32.5 Å². The third kappa shape index (κ3) is 4.23. The van der Waals surface area contributed by atoms with E-state index in [1.807, 2.05) is 0 Å². The topological polar surface area (TPSA) is 61.6 Å². The van der Waals surface area contributed by atoms with Crippen LogP contribution in [0.1, 0.15) is 68.8 Å². The number of rotatable bonds is 4. The van der Waals surface area contributed by atoms with Crippen LogP contribution in [0, 0.1) is 0 Å². The quantitative estimate of drug-likeness (QED) is 0.596. The fourth-order valence-electron chi connectivity index (χ4n) is 2.69. The molecule has 1 fully saturated rings. The summed E-state index contributed by atoms with van der Waals surface area (Å²) in [5, 5.41) is 0.238. The SMILES string of the molecule is COC(=O)c1coc(C2CCC(O[Si](C)(C)C(C)(C)C)CC2)n1. The molecule has 23 heavy (non-hydrogen) atoms. The lowest BCUT2D eigenvalue weighted by molar-refractivity contribution is 0.0593. The van der Waals surface area contributed by atoms with Crippen molar-refractivity contribution in [2.45, 2.75) is 76.6 Å². The van der Waals surface area contributed by atoms with Gasteiger partial charge in [0.25, 0.3) is 0 Å². The molecule has 130 valence electrons. The van der Waals surface area contributed by atoms with Crippen molar-refractivity contribution >= 4 is 14.3 Å². The van der Waals surface area contributed by atoms with Crippen molar-refractivity contribution in [3.05, 3.63) is 17.8 Å². The van der Waals surface area contributed by atoms with Gasteiger partial charge in [0.1, 0.15) is 6.26 Å². The standard InChI is InChI=1S/C17H29NO4Si/c1-17(2,3)23(5,6)22-13-9-7-12(8-10-13)15-18-14(11-21-15)16(19)20-4/h11-13H,7-10H2,1-6H3. The first-order chi connectivity index (χ1) is 10.6. The van der Waals surface area contributed by atoms with Gasteiger partial charge in [0.15, 0.2) is 19.9 Å². The van der Waals surface area contributed by atoms with Gasteiger partial charge in [-0.2, -0.15) is 0 Å². The molecule has 2 rings (SSSR count). The Hall–Kier alpha value is -1.14. The van der Waals surface area contributed by atoms with E-state index in [4.69, 9.17) is 8.84 Å². The Kier molecular flexibility index (Phi) is 5.36. The average molecular weight is 340 g/mol. The summed E-state index contributed by atoms with van der Waals surface area (Å²) >= 11 is 0. The molecule has 0 N–H and O–H groups in total. The first-order valence-corrected chi connectivity index (χ1v) is 11.3. The fraction of sp³-hybridized carbons (Fsp3) is 0.765. The van der Waals surface area contributed by atoms with E-state index in [0.29, 0.717) is 12.0 Å². The molecule has 0 atom stereocenters. The van der Waals surface area contributed by atoms with Crippen LogP contribution < -0.4 is 0 Å². The Morgan fingerprint density at radius 3 is 2.39 bits per heavy atom. The summed E-state index contributed by atoms with van der Waals surface area (Å²) in [5.74, 6) is 0.471. The van der Waals surface area contributed by atoms with Crippen molar-refractivity contribution in [3.8, 4) is 0 Å². The number of aromatic nitrogens is 1. The summed E-state index contributed by atoms with van der Waals surface area (Å²) in [6, 6.07) is 0. The number of nitrogens with zero attached hydrogens (tertiary/aromatic N) is 1. The number of hydrogen-bond acceptors (Lipinski definition) is 5. The van der Waals surface area contributed by atoms with Gasteiger partial charge >= 0.3 is 5.97 Å². The second kappa shape index (κ2) is 6.77. The molecule has 1 saturated carbocycles. The Morgan fingerprint density at radius 2 is 1.87 bits per heavy atom. The molecule has 0 unspecified atom stereocenters. The van der Waals surface area contributed by atoms with Gasteiger partial charge in [-0.15, -0.1) is 0 Å². The second-order valence-corrected chi connectivity index (χ2v) is 12.7. The van der Waals surface area contributed by atoms with Crippen molar-refractivity contribution in [1.82, 2.24) is 4.98 Å². The molecule has 0 bridgehead atoms. The van der Waals surface area contributed by atoms with Crippen LogP contribution in [0.5, 0.6) is 0 Å². The predicted molar refractivity (Wildman–Crippen MR) is 91.1 cm³/mol. The minimum Gasteiger partial charge on any atom is -0.464 e. The number of oxazole rings is 1.